The van der Waals surface area contributed by atoms with Crippen LogP contribution < -0.4 is 19.7 Å². The first-order valence-electron chi connectivity index (χ1n) is 10.3. The number of benzene rings is 3. The fraction of sp³-hybridized carbons (Fsp3) is 0.154. The van der Waals surface area contributed by atoms with E-state index in [2.05, 4.69) is 5.32 Å². The molecule has 0 radical (unpaired) electrons. The van der Waals surface area contributed by atoms with Gasteiger partial charge in [0.05, 0.1) is 25.5 Å². The molecule has 0 saturated carbocycles. The van der Waals surface area contributed by atoms with E-state index in [0.717, 1.165) is 16.0 Å². The highest BCUT2D eigenvalue weighted by molar-refractivity contribution is 6.46. The Balaban J connectivity index is 1.84. The van der Waals surface area contributed by atoms with Crippen molar-refractivity contribution in [2.24, 2.45) is 0 Å². The van der Waals surface area contributed by atoms with Crippen molar-refractivity contribution < 1.29 is 19.1 Å². The highest BCUT2D eigenvalue weighted by Gasteiger charge is 2.40. The van der Waals surface area contributed by atoms with Crippen molar-refractivity contribution in [1.29, 1.82) is 0 Å². The number of aryl methyl sites for hydroxylation is 2. The summed E-state index contributed by atoms with van der Waals surface area (Å²) in [5.41, 5.74) is 4.22. The van der Waals surface area contributed by atoms with Crippen molar-refractivity contribution in [1.82, 2.24) is 0 Å². The van der Waals surface area contributed by atoms with Gasteiger partial charge in [0, 0.05) is 16.8 Å². The third-order valence-corrected chi connectivity index (χ3v) is 5.83. The number of amides is 2. The van der Waals surface area contributed by atoms with E-state index >= 15 is 0 Å². The molecule has 0 atom stereocenters. The molecule has 1 aliphatic rings. The molecule has 3 aromatic rings. The monoisotopic (exact) mass is 462 g/mol. The molecule has 0 aromatic heterocycles. The van der Waals surface area contributed by atoms with Crippen LogP contribution in [0.1, 0.15) is 16.7 Å². The molecule has 0 bridgehead atoms. The predicted octanol–water partition coefficient (Wildman–Crippen LogP) is 5.37. The van der Waals surface area contributed by atoms with Crippen LogP contribution in [0.5, 0.6) is 11.5 Å². The molecule has 2 amide bonds. The molecule has 0 fully saturated rings. The summed E-state index contributed by atoms with van der Waals surface area (Å²) in [5.74, 6) is 0.166. The van der Waals surface area contributed by atoms with E-state index in [4.69, 9.17) is 21.1 Å². The zero-order valence-electron chi connectivity index (χ0n) is 18.7. The lowest BCUT2D eigenvalue weighted by atomic mass is 9.99. The van der Waals surface area contributed by atoms with Crippen LogP contribution in [0.3, 0.4) is 0 Å². The largest absolute Gasteiger partial charge is 0.493 e. The molecule has 4 rings (SSSR count). The van der Waals surface area contributed by atoms with Gasteiger partial charge in [-0.1, -0.05) is 35.9 Å². The Labute approximate surface area is 197 Å². The van der Waals surface area contributed by atoms with Crippen LogP contribution in [0, 0.1) is 13.8 Å². The van der Waals surface area contributed by atoms with E-state index in [1.807, 2.05) is 32.0 Å². The van der Waals surface area contributed by atoms with Crippen LogP contribution in [0.25, 0.3) is 5.57 Å². The number of rotatable bonds is 6. The number of nitrogens with zero attached hydrogens (tertiary/aromatic N) is 1. The minimum absolute atomic E-state index is 0.176. The number of hydrogen-bond donors (Lipinski definition) is 1. The van der Waals surface area contributed by atoms with Crippen molar-refractivity contribution >= 4 is 40.4 Å². The third-order valence-electron chi connectivity index (χ3n) is 5.60. The van der Waals surface area contributed by atoms with E-state index in [-0.39, 0.29) is 11.3 Å². The predicted molar refractivity (Wildman–Crippen MR) is 130 cm³/mol. The number of carbonyl (C=O) groups excluding carboxylic acids is 2. The van der Waals surface area contributed by atoms with Crippen molar-refractivity contribution in [2.75, 3.05) is 24.4 Å². The maximum atomic E-state index is 13.6. The second-order valence-electron chi connectivity index (χ2n) is 7.67. The number of halogens is 1. The summed E-state index contributed by atoms with van der Waals surface area (Å²) >= 11 is 6.13. The molecule has 1 N–H and O–H groups in total. The summed E-state index contributed by atoms with van der Waals surface area (Å²) < 4.78 is 10.7. The van der Waals surface area contributed by atoms with Gasteiger partial charge in [-0.15, -0.1) is 0 Å². The van der Waals surface area contributed by atoms with Crippen LogP contribution in [-0.2, 0) is 9.59 Å². The van der Waals surface area contributed by atoms with Gasteiger partial charge in [0.25, 0.3) is 11.8 Å². The number of imide groups is 1. The zero-order valence-corrected chi connectivity index (χ0v) is 19.5. The second-order valence-corrected chi connectivity index (χ2v) is 8.11. The Morgan fingerprint density at radius 3 is 2.24 bits per heavy atom. The fourth-order valence-electron chi connectivity index (χ4n) is 3.72. The highest BCUT2D eigenvalue weighted by Crippen LogP contribution is 2.36. The van der Waals surface area contributed by atoms with Gasteiger partial charge >= 0.3 is 0 Å². The minimum atomic E-state index is -0.467. The summed E-state index contributed by atoms with van der Waals surface area (Å²) in [6, 6.07) is 17.6. The summed E-state index contributed by atoms with van der Waals surface area (Å²) in [4.78, 5) is 28.2. The van der Waals surface area contributed by atoms with Gasteiger partial charge in [-0.2, -0.15) is 0 Å². The SMILES string of the molecule is COc1ccc(NC2=C(c3ccc(C)c(C)c3)C(=O)N(c3cccc(Cl)c3)C2=O)cc1OC. The maximum absolute atomic E-state index is 13.6. The normalized spacial score (nSPS) is 13.5. The van der Waals surface area contributed by atoms with Gasteiger partial charge in [0.15, 0.2) is 11.5 Å². The topological polar surface area (TPSA) is 67.9 Å². The lowest BCUT2D eigenvalue weighted by molar-refractivity contribution is -0.120. The molecule has 0 spiro atoms. The lowest BCUT2D eigenvalue weighted by Gasteiger charge is -2.16. The van der Waals surface area contributed by atoms with Crippen molar-refractivity contribution in [2.45, 2.75) is 13.8 Å². The zero-order chi connectivity index (χ0) is 23.7. The Hall–Kier alpha value is -3.77. The summed E-state index contributed by atoms with van der Waals surface area (Å²) in [6.45, 7) is 3.97. The van der Waals surface area contributed by atoms with Crippen molar-refractivity contribution in [3.63, 3.8) is 0 Å². The summed E-state index contributed by atoms with van der Waals surface area (Å²) in [5, 5.41) is 3.58. The smallest absolute Gasteiger partial charge is 0.282 e. The Kier molecular flexibility index (Phi) is 6.11. The Morgan fingerprint density at radius 2 is 1.58 bits per heavy atom. The van der Waals surface area contributed by atoms with E-state index in [9.17, 15) is 9.59 Å². The molecule has 7 heteroatoms. The van der Waals surface area contributed by atoms with E-state index in [1.165, 1.54) is 7.11 Å². The molecule has 1 heterocycles. The first-order chi connectivity index (χ1) is 15.8. The van der Waals surface area contributed by atoms with Gasteiger partial charge in [0.1, 0.15) is 5.70 Å². The Bertz CT molecular complexity index is 1300. The van der Waals surface area contributed by atoms with Crippen molar-refractivity contribution in [3.8, 4) is 11.5 Å². The molecule has 1 aliphatic heterocycles. The molecule has 0 aliphatic carbocycles. The minimum Gasteiger partial charge on any atom is -0.493 e. The Morgan fingerprint density at radius 1 is 0.818 bits per heavy atom. The van der Waals surface area contributed by atoms with Gasteiger partial charge in [-0.3, -0.25) is 9.59 Å². The number of hydrogen-bond acceptors (Lipinski definition) is 5. The second kappa shape index (κ2) is 9.00. The number of carbonyl (C=O) groups is 2. The average molecular weight is 463 g/mol. The number of ether oxygens (including phenoxy) is 2. The summed E-state index contributed by atoms with van der Waals surface area (Å²) in [7, 11) is 3.08. The standard InChI is InChI=1S/C26H23ClN2O4/c1-15-8-9-17(12-16(15)2)23-24(28-19-10-11-21(32-3)22(14-19)33-4)26(31)29(25(23)30)20-7-5-6-18(27)13-20/h5-14,28H,1-4H3. The first-order valence-corrected chi connectivity index (χ1v) is 10.7. The highest BCUT2D eigenvalue weighted by atomic mass is 35.5. The quantitative estimate of drug-likeness (QED) is 0.499. The number of methoxy groups -OCH3 is 2. The van der Waals surface area contributed by atoms with E-state index in [1.54, 1.807) is 49.6 Å². The van der Waals surface area contributed by atoms with E-state index < -0.39 is 11.8 Å². The molecule has 0 unspecified atom stereocenters. The van der Waals surface area contributed by atoms with Gasteiger partial charge in [0.2, 0.25) is 0 Å². The van der Waals surface area contributed by atoms with Crippen LogP contribution in [0.2, 0.25) is 5.02 Å². The maximum Gasteiger partial charge on any atom is 0.282 e. The van der Waals surface area contributed by atoms with Gasteiger partial charge in [-0.25, -0.2) is 4.90 Å². The number of nitrogens with one attached hydrogen (secondary N) is 1. The van der Waals surface area contributed by atoms with Crippen LogP contribution in [0.15, 0.2) is 66.4 Å². The third kappa shape index (κ3) is 4.17. The fourth-order valence-corrected chi connectivity index (χ4v) is 3.90. The number of anilines is 2. The average Bonchev–Trinajstić information content (AvgIpc) is 3.04. The van der Waals surface area contributed by atoms with Gasteiger partial charge < -0.3 is 14.8 Å². The molecule has 6 nitrogen and oxygen atoms in total. The van der Waals surface area contributed by atoms with Crippen molar-refractivity contribution in [3.05, 3.63) is 88.1 Å². The van der Waals surface area contributed by atoms with Crippen LogP contribution in [0.4, 0.5) is 11.4 Å². The molecule has 168 valence electrons. The lowest BCUT2D eigenvalue weighted by Crippen LogP contribution is -2.32. The molecular weight excluding hydrogens is 440 g/mol. The first kappa shape index (κ1) is 22.4. The molecule has 33 heavy (non-hydrogen) atoms. The van der Waals surface area contributed by atoms with Crippen LogP contribution >= 0.6 is 11.6 Å². The van der Waals surface area contributed by atoms with E-state index in [0.29, 0.717) is 33.5 Å². The summed E-state index contributed by atoms with van der Waals surface area (Å²) in [6.07, 6.45) is 0. The molecule has 3 aromatic carbocycles. The van der Waals surface area contributed by atoms with Gasteiger partial charge in [-0.05, 0) is 60.9 Å². The molecule has 0 saturated heterocycles. The van der Waals surface area contributed by atoms with Crippen LogP contribution in [-0.4, -0.2) is 26.0 Å². The molecular formula is C26H23ClN2O4.